The fourth-order valence-electron chi connectivity index (χ4n) is 5.33. The van der Waals surface area contributed by atoms with Gasteiger partial charge >= 0.3 is 12.1 Å². The number of hydrogen-bond donors (Lipinski definition) is 2. The van der Waals surface area contributed by atoms with Crippen LogP contribution in [0.15, 0.2) is 48.5 Å². The Morgan fingerprint density at radius 3 is 1.96 bits per heavy atom. The highest BCUT2D eigenvalue weighted by atomic mass is 16.6. The summed E-state index contributed by atoms with van der Waals surface area (Å²) in [5.41, 5.74) is 1.98. The summed E-state index contributed by atoms with van der Waals surface area (Å²) in [5, 5.41) is 5.76. The van der Waals surface area contributed by atoms with Gasteiger partial charge < -0.3 is 25.0 Å². The van der Waals surface area contributed by atoms with Crippen molar-refractivity contribution in [3.63, 3.8) is 0 Å². The zero-order valence-corrected chi connectivity index (χ0v) is 29.2. The van der Waals surface area contributed by atoms with Crippen molar-refractivity contribution < 1.29 is 28.7 Å². The summed E-state index contributed by atoms with van der Waals surface area (Å²) >= 11 is 0. The molecule has 0 saturated heterocycles. The van der Waals surface area contributed by atoms with Crippen LogP contribution in [0.4, 0.5) is 4.79 Å². The number of hydrogen-bond acceptors (Lipinski definition) is 6. The molecule has 2 N–H and O–H groups in total. The van der Waals surface area contributed by atoms with Crippen LogP contribution in [-0.2, 0) is 30.3 Å². The Labute approximate surface area is 274 Å². The van der Waals surface area contributed by atoms with Gasteiger partial charge in [0.1, 0.15) is 29.3 Å². The number of alkyl carbamates (subject to hydrolysis) is 1. The van der Waals surface area contributed by atoms with E-state index >= 15 is 0 Å². The van der Waals surface area contributed by atoms with Crippen LogP contribution in [0, 0.1) is 19.8 Å². The Balaban J connectivity index is 2.08. The van der Waals surface area contributed by atoms with Crippen LogP contribution in [-0.4, -0.2) is 58.1 Å². The molecule has 0 spiro atoms. The molecule has 0 radical (unpaired) electrons. The number of aryl methyl sites for hydroxylation is 2. The second kappa shape index (κ2) is 15.1. The van der Waals surface area contributed by atoms with Gasteiger partial charge in [0.05, 0.1) is 0 Å². The van der Waals surface area contributed by atoms with Crippen molar-refractivity contribution in [2.45, 2.75) is 130 Å². The zero-order chi connectivity index (χ0) is 34.4. The normalized spacial score (nSPS) is 15.6. The zero-order valence-electron chi connectivity index (χ0n) is 29.2. The molecule has 1 saturated carbocycles. The number of ether oxygens (including phenoxy) is 2. The maximum absolute atomic E-state index is 14.6. The van der Waals surface area contributed by atoms with Gasteiger partial charge in [-0.15, -0.1) is 0 Å². The van der Waals surface area contributed by atoms with Crippen LogP contribution >= 0.6 is 0 Å². The van der Waals surface area contributed by atoms with E-state index < -0.39 is 47.3 Å². The smallest absolute Gasteiger partial charge is 0.408 e. The second-order valence-corrected chi connectivity index (χ2v) is 14.7. The lowest BCUT2D eigenvalue weighted by Gasteiger charge is -2.44. The van der Waals surface area contributed by atoms with E-state index in [-0.39, 0.29) is 24.3 Å². The minimum atomic E-state index is -1.06. The van der Waals surface area contributed by atoms with Crippen molar-refractivity contribution in [3.8, 4) is 0 Å². The van der Waals surface area contributed by atoms with Gasteiger partial charge in [-0.1, -0.05) is 62.4 Å². The van der Waals surface area contributed by atoms with Gasteiger partial charge in [0, 0.05) is 12.5 Å². The summed E-state index contributed by atoms with van der Waals surface area (Å²) in [4.78, 5) is 57.2. The van der Waals surface area contributed by atoms with Crippen LogP contribution in [0.5, 0.6) is 0 Å². The largest absolute Gasteiger partial charge is 0.458 e. The van der Waals surface area contributed by atoms with Gasteiger partial charge in [-0.05, 0) is 103 Å². The SMILES string of the molecule is Cc1ccc(C(C(=O)NC(Cc2ccccc2)C(=O)OC(C)(C)C)N(C(=O)C(NC(=O)OC(C)(C)C)C(C)C)C2CCC2)cc1C. The Hall–Kier alpha value is -3.88. The fraction of sp³-hybridized carbons (Fsp3) is 0.568. The molecule has 0 heterocycles. The van der Waals surface area contributed by atoms with Crippen LogP contribution in [0.2, 0.25) is 0 Å². The summed E-state index contributed by atoms with van der Waals surface area (Å²) in [6.07, 6.45) is 1.87. The number of nitrogens with zero attached hydrogens (tertiary/aromatic N) is 1. The molecule has 1 aliphatic rings. The first-order valence-electron chi connectivity index (χ1n) is 16.3. The van der Waals surface area contributed by atoms with E-state index in [9.17, 15) is 19.2 Å². The minimum Gasteiger partial charge on any atom is -0.458 e. The van der Waals surface area contributed by atoms with Gasteiger partial charge in [0.2, 0.25) is 11.8 Å². The molecule has 1 fully saturated rings. The molecule has 3 unspecified atom stereocenters. The lowest BCUT2D eigenvalue weighted by molar-refractivity contribution is -0.159. The molecular weight excluding hydrogens is 582 g/mol. The third-order valence-corrected chi connectivity index (χ3v) is 7.99. The van der Waals surface area contributed by atoms with E-state index in [1.54, 1.807) is 46.4 Å². The predicted molar refractivity (Wildman–Crippen MR) is 179 cm³/mol. The topological polar surface area (TPSA) is 114 Å². The Kier molecular flexibility index (Phi) is 12.0. The highest BCUT2D eigenvalue weighted by Crippen LogP contribution is 2.35. The molecule has 0 bridgehead atoms. The van der Waals surface area contributed by atoms with E-state index in [4.69, 9.17) is 9.47 Å². The van der Waals surface area contributed by atoms with Crippen molar-refractivity contribution in [3.05, 3.63) is 70.8 Å². The van der Waals surface area contributed by atoms with E-state index in [1.165, 1.54) is 0 Å². The van der Waals surface area contributed by atoms with Gasteiger partial charge in [0.25, 0.3) is 0 Å². The molecule has 2 aromatic carbocycles. The summed E-state index contributed by atoms with van der Waals surface area (Å²) in [6, 6.07) is 11.9. The summed E-state index contributed by atoms with van der Waals surface area (Å²) in [6.45, 7) is 18.3. The number of esters is 1. The van der Waals surface area contributed by atoms with Crippen molar-refractivity contribution >= 4 is 23.9 Å². The average Bonchev–Trinajstić information content (AvgIpc) is 2.90. The molecule has 0 aliphatic heterocycles. The second-order valence-electron chi connectivity index (χ2n) is 14.7. The third-order valence-electron chi connectivity index (χ3n) is 7.99. The van der Waals surface area contributed by atoms with Gasteiger partial charge in [-0.2, -0.15) is 0 Å². The quantitative estimate of drug-likeness (QED) is 0.279. The molecular formula is C37H53N3O6. The van der Waals surface area contributed by atoms with Crippen molar-refractivity contribution in [1.29, 1.82) is 0 Å². The standard InChI is InChI=1S/C37H53N3O6/c1-23(2)30(39-35(44)46-37(8,9)10)33(42)40(28-17-14-18-28)31(27-20-19-24(3)25(4)21-27)32(41)38-29(34(43)45-36(5,6)7)22-26-15-12-11-13-16-26/h11-13,15-16,19-21,23,28-31H,14,17-18,22H2,1-10H3,(H,38,41)(H,39,44). The van der Waals surface area contributed by atoms with E-state index in [0.717, 1.165) is 36.0 Å². The van der Waals surface area contributed by atoms with E-state index in [0.29, 0.717) is 5.56 Å². The number of amides is 3. The Morgan fingerprint density at radius 1 is 0.848 bits per heavy atom. The van der Waals surface area contributed by atoms with Gasteiger partial charge in [0.15, 0.2) is 0 Å². The van der Waals surface area contributed by atoms with Crippen LogP contribution in [0.1, 0.15) is 103 Å². The lowest BCUT2D eigenvalue weighted by Crippen LogP contribution is -2.59. The average molecular weight is 636 g/mol. The Bertz CT molecular complexity index is 1370. The van der Waals surface area contributed by atoms with Crippen molar-refractivity contribution in [2.75, 3.05) is 0 Å². The van der Waals surface area contributed by atoms with E-state index in [1.807, 2.05) is 76.2 Å². The first kappa shape index (κ1) is 36.6. The van der Waals surface area contributed by atoms with E-state index in [2.05, 4.69) is 10.6 Å². The van der Waals surface area contributed by atoms with Gasteiger partial charge in [-0.25, -0.2) is 9.59 Å². The molecule has 3 rings (SSSR count). The van der Waals surface area contributed by atoms with Gasteiger partial charge in [-0.3, -0.25) is 9.59 Å². The molecule has 9 heteroatoms. The molecule has 46 heavy (non-hydrogen) atoms. The number of carbonyl (C=O) groups excluding carboxylic acids is 4. The number of rotatable bonds is 11. The van der Waals surface area contributed by atoms with Crippen LogP contribution in [0.3, 0.4) is 0 Å². The fourth-order valence-corrected chi connectivity index (χ4v) is 5.33. The first-order valence-corrected chi connectivity index (χ1v) is 16.3. The van der Waals surface area contributed by atoms with Crippen LogP contribution in [0.25, 0.3) is 0 Å². The molecule has 1 aliphatic carbocycles. The molecule has 3 atom stereocenters. The maximum atomic E-state index is 14.6. The maximum Gasteiger partial charge on any atom is 0.408 e. The Morgan fingerprint density at radius 2 is 1.46 bits per heavy atom. The van der Waals surface area contributed by atoms with Crippen LogP contribution < -0.4 is 10.6 Å². The first-order chi connectivity index (χ1) is 21.4. The number of carbonyl (C=O) groups is 4. The third kappa shape index (κ3) is 10.3. The predicted octanol–water partition coefficient (Wildman–Crippen LogP) is 6.34. The molecule has 9 nitrogen and oxygen atoms in total. The summed E-state index contributed by atoms with van der Waals surface area (Å²) < 4.78 is 11.2. The summed E-state index contributed by atoms with van der Waals surface area (Å²) in [5.74, 6) is -1.72. The molecule has 3 amide bonds. The van der Waals surface area contributed by atoms with Crippen molar-refractivity contribution in [2.24, 2.45) is 5.92 Å². The minimum absolute atomic E-state index is 0.216. The highest BCUT2D eigenvalue weighted by Gasteiger charge is 2.44. The monoisotopic (exact) mass is 635 g/mol. The molecule has 2 aromatic rings. The number of benzene rings is 2. The van der Waals surface area contributed by atoms with Crippen molar-refractivity contribution in [1.82, 2.24) is 15.5 Å². The molecule has 0 aromatic heterocycles. The highest BCUT2D eigenvalue weighted by molar-refractivity contribution is 5.94. The summed E-state index contributed by atoms with van der Waals surface area (Å²) in [7, 11) is 0. The molecule has 252 valence electrons. The number of nitrogens with one attached hydrogen (secondary N) is 2. The lowest BCUT2D eigenvalue weighted by atomic mass is 9.86.